The van der Waals surface area contributed by atoms with Crippen LogP contribution in [0.3, 0.4) is 0 Å². The summed E-state index contributed by atoms with van der Waals surface area (Å²) in [6, 6.07) is 0.444. The molecule has 0 N–H and O–H groups in total. The fourth-order valence-corrected chi connectivity index (χ4v) is 2.09. The summed E-state index contributed by atoms with van der Waals surface area (Å²) in [6.07, 6.45) is 1.13. The molecule has 0 aromatic carbocycles. The Morgan fingerprint density at radius 1 is 1.57 bits per heavy atom. The van der Waals surface area contributed by atoms with E-state index in [2.05, 4.69) is 25.8 Å². The van der Waals surface area contributed by atoms with Crippen LogP contribution < -0.4 is 0 Å². The molecule has 3 heteroatoms. The third kappa shape index (κ3) is 2.98. The molecule has 82 valence electrons. The van der Waals surface area contributed by atoms with Crippen LogP contribution in [0.15, 0.2) is 0 Å². The van der Waals surface area contributed by atoms with E-state index in [1.807, 2.05) is 4.90 Å². The molecule has 3 nitrogen and oxygen atoms in total. The number of likely N-dealkylation sites (tertiary alicyclic amines) is 1. The van der Waals surface area contributed by atoms with Gasteiger partial charge in [-0.15, -0.1) is 0 Å². The van der Waals surface area contributed by atoms with Crippen LogP contribution in [-0.4, -0.2) is 48.4 Å². The SMILES string of the molecule is CC(=O)N(CC(C)C)C1CCN(C)C1. The lowest BCUT2D eigenvalue weighted by Gasteiger charge is -2.29. The minimum atomic E-state index is 0.221. The van der Waals surface area contributed by atoms with Crippen LogP contribution in [-0.2, 0) is 4.79 Å². The molecule has 1 unspecified atom stereocenters. The first kappa shape index (κ1) is 11.5. The molecule has 0 radical (unpaired) electrons. The summed E-state index contributed by atoms with van der Waals surface area (Å²) in [5.41, 5.74) is 0. The van der Waals surface area contributed by atoms with E-state index in [0.29, 0.717) is 12.0 Å². The first-order chi connectivity index (χ1) is 6.50. The van der Waals surface area contributed by atoms with E-state index >= 15 is 0 Å². The van der Waals surface area contributed by atoms with Gasteiger partial charge in [-0.1, -0.05) is 13.8 Å². The van der Waals surface area contributed by atoms with Crippen molar-refractivity contribution >= 4 is 5.91 Å². The van der Waals surface area contributed by atoms with E-state index in [9.17, 15) is 4.79 Å². The first-order valence-electron chi connectivity index (χ1n) is 5.46. The Hall–Kier alpha value is -0.570. The molecule has 0 aromatic rings. The number of hydrogen-bond donors (Lipinski definition) is 0. The third-order valence-electron chi connectivity index (χ3n) is 2.77. The van der Waals surface area contributed by atoms with Gasteiger partial charge in [0.05, 0.1) is 0 Å². The quantitative estimate of drug-likeness (QED) is 0.680. The average molecular weight is 198 g/mol. The van der Waals surface area contributed by atoms with E-state index in [1.54, 1.807) is 6.92 Å². The van der Waals surface area contributed by atoms with Gasteiger partial charge in [0.1, 0.15) is 0 Å². The molecule has 1 heterocycles. The zero-order valence-corrected chi connectivity index (χ0v) is 9.79. The Morgan fingerprint density at radius 2 is 2.21 bits per heavy atom. The zero-order chi connectivity index (χ0) is 10.7. The molecule has 0 bridgehead atoms. The molecule has 1 aliphatic rings. The molecule has 14 heavy (non-hydrogen) atoms. The van der Waals surface area contributed by atoms with Gasteiger partial charge in [-0.3, -0.25) is 4.79 Å². The number of likely N-dealkylation sites (N-methyl/N-ethyl adjacent to an activating group) is 1. The summed E-state index contributed by atoms with van der Waals surface area (Å²) in [5.74, 6) is 0.781. The minimum absolute atomic E-state index is 0.221. The lowest BCUT2D eigenvalue weighted by Crippen LogP contribution is -2.42. The Morgan fingerprint density at radius 3 is 2.57 bits per heavy atom. The minimum Gasteiger partial charge on any atom is -0.338 e. The molecule has 1 fully saturated rings. The highest BCUT2D eigenvalue weighted by atomic mass is 16.2. The summed E-state index contributed by atoms with van der Waals surface area (Å²) in [6.45, 7) is 9.05. The Labute approximate surface area is 87.1 Å². The van der Waals surface area contributed by atoms with Crippen LogP contribution in [0.5, 0.6) is 0 Å². The second-order valence-corrected chi connectivity index (χ2v) is 4.77. The fourth-order valence-electron chi connectivity index (χ4n) is 2.09. The molecule has 0 aliphatic carbocycles. The summed E-state index contributed by atoms with van der Waals surface area (Å²) in [7, 11) is 2.12. The van der Waals surface area contributed by atoms with E-state index in [1.165, 1.54) is 0 Å². The Kier molecular flexibility index (Phi) is 3.93. The number of amides is 1. The van der Waals surface area contributed by atoms with Crippen molar-refractivity contribution in [2.75, 3.05) is 26.7 Å². The predicted molar refractivity (Wildman–Crippen MR) is 58.1 cm³/mol. The highest BCUT2D eigenvalue weighted by molar-refractivity contribution is 5.73. The molecule has 0 saturated carbocycles. The van der Waals surface area contributed by atoms with Crippen molar-refractivity contribution < 1.29 is 4.79 Å². The van der Waals surface area contributed by atoms with Gasteiger partial charge in [-0.25, -0.2) is 0 Å². The molecule has 0 aromatic heterocycles. The maximum absolute atomic E-state index is 11.5. The number of nitrogens with zero attached hydrogens (tertiary/aromatic N) is 2. The highest BCUT2D eigenvalue weighted by Gasteiger charge is 2.27. The molecule has 1 saturated heterocycles. The van der Waals surface area contributed by atoms with Crippen LogP contribution >= 0.6 is 0 Å². The number of rotatable bonds is 3. The maximum atomic E-state index is 11.5. The molecular formula is C11H22N2O. The monoisotopic (exact) mass is 198 g/mol. The summed E-state index contributed by atoms with van der Waals surface area (Å²) < 4.78 is 0. The standard InChI is InChI=1S/C11H22N2O/c1-9(2)7-13(10(3)14)11-5-6-12(4)8-11/h9,11H,5-8H2,1-4H3. The number of carbonyl (C=O) groups excluding carboxylic acids is 1. The summed E-state index contributed by atoms with van der Waals surface area (Å²) in [4.78, 5) is 15.8. The Bertz CT molecular complexity index is 203. The van der Waals surface area contributed by atoms with E-state index in [-0.39, 0.29) is 5.91 Å². The molecular weight excluding hydrogens is 176 g/mol. The van der Waals surface area contributed by atoms with E-state index in [0.717, 1.165) is 26.1 Å². The van der Waals surface area contributed by atoms with Crippen molar-refractivity contribution in [3.63, 3.8) is 0 Å². The van der Waals surface area contributed by atoms with Crippen molar-refractivity contribution in [3.05, 3.63) is 0 Å². The van der Waals surface area contributed by atoms with Crippen LogP contribution in [0.1, 0.15) is 27.2 Å². The van der Waals surface area contributed by atoms with Crippen molar-refractivity contribution in [2.24, 2.45) is 5.92 Å². The largest absolute Gasteiger partial charge is 0.338 e. The summed E-state index contributed by atoms with van der Waals surface area (Å²) in [5, 5.41) is 0. The number of hydrogen-bond acceptors (Lipinski definition) is 2. The van der Waals surface area contributed by atoms with Crippen LogP contribution in [0.2, 0.25) is 0 Å². The third-order valence-corrected chi connectivity index (χ3v) is 2.77. The predicted octanol–water partition coefficient (Wildman–Crippen LogP) is 1.19. The van der Waals surface area contributed by atoms with Crippen LogP contribution in [0.25, 0.3) is 0 Å². The zero-order valence-electron chi connectivity index (χ0n) is 9.79. The first-order valence-corrected chi connectivity index (χ1v) is 5.46. The normalized spacial score (nSPS) is 23.1. The second-order valence-electron chi connectivity index (χ2n) is 4.77. The average Bonchev–Trinajstić information content (AvgIpc) is 2.46. The van der Waals surface area contributed by atoms with Crippen molar-refractivity contribution in [1.29, 1.82) is 0 Å². The van der Waals surface area contributed by atoms with Gasteiger partial charge in [0.25, 0.3) is 0 Å². The molecule has 1 amide bonds. The molecule has 1 atom stereocenters. The lowest BCUT2D eigenvalue weighted by molar-refractivity contribution is -0.131. The van der Waals surface area contributed by atoms with Crippen LogP contribution in [0, 0.1) is 5.92 Å². The van der Waals surface area contributed by atoms with E-state index in [4.69, 9.17) is 0 Å². The second kappa shape index (κ2) is 4.78. The Balaban J connectivity index is 2.54. The van der Waals surface area contributed by atoms with Crippen LogP contribution in [0.4, 0.5) is 0 Å². The van der Waals surface area contributed by atoms with Gasteiger partial charge in [0, 0.05) is 26.1 Å². The van der Waals surface area contributed by atoms with Crippen molar-refractivity contribution in [2.45, 2.75) is 33.2 Å². The fraction of sp³-hybridized carbons (Fsp3) is 0.909. The smallest absolute Gasteiger partial charge is 0.219 e. The maximum Gasteiger partial charge on any atom is 0.219 e. The van der Waals surface area contributed by atoms with Gasteiger partial charge in [-0.05, 0) is 25.9 Å². The summed E-state index contributed by atoms with van der Waals surface area (Å²) >= 11 is 0. The number of carbonyl (C=O) groups is 1. The van der Waals surface area contributed by atoms with Gasteiger partial charge in [0.2, 0.25) is 5.91 Å². The molecule has 1 rings (SSSR count). The van der Waals surface area contributed by atoms with Gasteiger partial charge >= 0.3 is 0 Å². The topological polar surface area (TPSA) is 23.6 Å². The van der Waals surface area contributed by atoms with Gasteiger partial charge in [0.15, 0.2) is 0 Å². The van der Waals surface area contributed by atoms with Gasteiger partial charge < -0.3 is 9.80 Å². The highest BCUT2D eigenvalue weighted by Crippen LogP contribution is 2.15. The molecule has 1 aliphatic heterocycles. The molecule has 0 spiro atoms. The van der Waals surface area contributed by atoms with Crippen molar-refractivity contribution in [1.82, 2.24) is 9.80 Å². The van der Waals surface area contributed by atoms with E-state index < -0.39 is 0 Å². The lowest BCUT2D eigenvalue weighted by atomic mass is 10.1. The van der Waals surface area contributed by atoms with Gasteiger partial charge in [-0.2, -0.15) is 0 Å². The van der Waals surface area contributed by atoms with Crippen molar-refractivity contribution in [3.8, 4) is 0 Å².